The maximum Gasteiger partial charge on any atom is 0.223 e. The molecule has 1 aliphatic heterocycles. The zero-order valence-corrected chi connectivity index (χ0v) is 11.8. The van der Waals surface area contributed by atoms with Crippen LogP contribution in [0.15, 0.2) is 24.3 Å². The molecule has 4 nitrogen and oxygen atoms in total. The lowest BCUT2D eigenvalue weighted by atomic mass is 10.1. The van der Waals surface area contributed by atoms with Crippen LogP contribution in [0.4, 0.5) is 4.39 Å². The Balaban J connectivity index is 1.76. The number of likely N-dealkylation sites (tertiary alicyclic amines) is 1. The van der Waals surface area contributed by atoms with Crippen molar-refractivity contribution in [2.75, 3.05) is 26.7 Å². The highest BCUT2D eigenvalue weighted by atomic mass is 19.1. The third-order valence-electron chi connectivity index (χ3n) is 3.50. The van der Waals surface area contributed by atoms with Gasteiger partial charge >= 0.3 is 0 Å². The van der Waals surface area contributed by atoms with Crippen molar-refractivity contribution < 1.29 is 13.9 Å². The molecule has 0 radical (unpaired) electrons. The Kier molecular flexibility index (Phi) is 5.35. The van der Waals surface area contributed by atoms with Gasteiger partial charge < -0.3 is 15.0 Å². The Labute approximate surface area is 118 Å². The van der Waals surface area contributed by atoms with Gasteiger partial charge in [-0.1, -0.05) is 0 Å². The summed E-state index contributed by atoms with van der Waals surface area (Å²) < 4.78 is 18.6. The molecule has 5 heteroatoms. The number of hydrogen-bond donors (Lipinski definition) is 1. The minimum atomic E-state index is -0.262. The van der Waals surface area contributed by atoms with E-state index in [1.165, 1.54) is 12.1 Å². The number of amides is 1. The van der Waals surface area contributed by atoms with Crippen LogP contribution in [0.2, 0.25) is 0 Å². The number of nitrogens with zero attached hydrogens (tertiary/aromatic N) is 1. The third kappa shape index (κ3) is 4.20. The van der Waals surface area contributed by atoms with Gasteiger partial charge in [0, 0.05) is 38.9 Å². The fraction of sp³-hybridized carbons (Fsp3) is 0.533. The predicted molar refractivity (Wildman–Crippen MR) is 75.2 cm³/mol. The normalized spacial score (nSPS) is 16.2. The Morgan fingerprint density at radius 1 is 1.35 bits per heavy atom. The van der Waals surface area contributed by atoms with Gasteiger partial charge in [0.2, 0.25) is 5.91 Å². The molecule has 0 unspecified atom stereocenters. The molecule has 1 aliphatic rings. The van der Waals surface area contributed by atoms with Crippen molar-refractivity contribution in [3.63, 3.8) is 0 Å². The minimum absolute atomic E-state index is 0.105. The summed E-state index contributed by atoms with van der Waals surface area (Å²) >= 11 is 0. The van der Waals surface area contributed by atoms with Crippen LogP contribution in [-0.4, -0.2) is 43.6 Å². The van der Waals surface area contributed by atoms with Crippen molar-refractivity contribution in [3.8, 4) is 5.75 Å². The molecule has 1 saturated heterocycles. The van der Waals surface area contributed by atoms with E-state index < -0.39 is 0 Å². The van der Waals surface area contributed by atoms with Crippen molar-refractivity contribution in [2.24, 2.45) is 0 Å². The molecule has 20 heavy (non-hydrogen) atoms. The van der Waals surface area contributed by atoms with Crippen molar-refractivity contribution in [3.05, 3.63) is 30.1 Å². The second kappa shape index (κ2) is 7.24. The number of hydrogen-bond acceptors (Lipinski definition) is 3. The number of halogens is 1. The second-order valence-corrected chi connectivity index (χ2v) is 5.01. The highest BCUT2D eigenvalue weighted by molar-refractivity contribution is 5.76. The molecular weight excluding hydrogens is 259 g/mol. The van der Waals surface area contributed by atoms with Crippen LogP contribution in [0.1, 0.15) is 19.3 Å². The maximum atomic E-state index is 12.8. The van der Waals surface area contributed by atoms with Crippen LogP contribution in [-0.2, 0) is 4.79 Å². The smallest absolute Gasteiger partial charge is 0.223 e. The van der Waals surface area contributed by atoms with Crippen molar-refractivity contribution in [1.29, 1.82) is 0 Å². The molecule has 1 aromatic rings. The van der Waals surface area contributed by atoms with E-state index in [1.54, 1.807) is 12.1 Å². The predicted octanol–water partition coefficient (Wildman–Crippen LogP) is 1.80. The summed E-state index contributed by atoms with van der Waals surface area (Å²) in [6.45, 7) is 2.17. The van der Waals surface area contributed by atoms with Gasteiger partial charge in [0.05, 0.1) is 0 Å². The van der Waals surface area contributed by atoms with E-state index >= 15 is 0 Å². The highest BCUT2D eigenvalue weighted by Gasteiger charge is 2.23. The van der Waals surface area contributed by atoms with Gasteiger partial charge in [0.25, 0.3) is 0 Å². The number of benzene rings is 1. The Morgan fingerprint density at radius 2 is 2.00 bits per heavy atom. The largest absolute Gasteiger partial charge is 0.490 e. The molecule has 1 fully saturated rings. The molecule has 0 saturated carbocycles. The fourth-order valence-electron chi connectivity index (χ4n) is 2.32. The van der Waals surface area contributed by atoms with Crippen LogP contribution in [0.3, 0.4) is 0 Å². The summed E-state index contributed by atoms with van der Waals surface area (Å²) in [6, 6.07) is 6.07. The van der Waals surface area contributed by atoms with Gasteiger partial charge in [-0.25, -0.2) is 4.39 Å². The molecule has 1 amide bonds. The lowest BCUT2D eigenvalue weighted by Crippen LogP contribution is -2.42. The Bertz CT molecular complexity index is 428. The first-order valence-electron chi connectivity index (χ1n) is 7.03. The van der Waals surface area contributed by atoms with Crippen LogP contribution in [0.5, 0.6) is 5.75 Å². The third-order valence-corrected chi connectivity index (χ3v) is 3.50. The summed E-state index contributed by atoms with van der Waals surface area (Å²) in [5, 5.41) is 2.98. The monoisotopic (exact) mass is 280 g/mol. The molecule has 0 spiro atoms. The van der Waals surface area contributed by atoms with E-state index in [2.05, 4.69) is 5.32 Å². The minimum Gasteiger partial charge on any atom is -0.490 e. The van der Waals surface area contributed by atoms with Gasteiger partial charge in [0.15, 0.2) is 0 Å². The molecule has 0 atom stereocenters. The first-order valence-corrected chi connectivity index (χ1v) is 7.03. The van der Waals surface area contributed by atoms with Crippen molar-refractivity contribution in [2.45, 2.75) is 25.4 Å². The lowest BCUT2D eigenvalue weighted by Gasteiger charge is -2.32. The van der Waals surface area contributed by atoms with E-state index in [0.29, 0.717) is 18.7 Å². The van der Waals surface area contributed by atoms with Crippen LogP contribution < -0.4 is 10.1 Å². The molecule has 0 aliphatic carbocycles. The quantitative estimate of drug-likeness (QED) is 0.894. The van der Waals surface area contributed by atoms with Gasteiger partial charge in [-0.3, -0.25) is 4.79 Å². The molecule has 0 aromatic heterocycles. The van der Waals surface area contributed by atoms with E-state index in [1.807, 2.05) is 11.9 Å². The van der Waals surface area contributed by atoms with Gasteiger partial charge in [-0.15, -0.1) is 0 Å². The Morgan fingerprint density at radius 3 is 2.60 bits per heavy atom. The summed E-state index contributed by atoms with van der Waals surface area (Å²) in [6.07, 6.45) is 2.29. The van der Waals surface area contributed by atoms with E-state index in [4.69, 9.17) is 4.74 Å². The van der Waals surface area contributed by atoms with E-state index in [0.717, 1.165) is 25.9 Å². The van der Waals surface area contributed by atoms with E-state index in [-0.39, 0.29) is 17.8 Å². The van der Waals surface area contributed by atoms with Crippen molar-refractivity contribution in [1.82, 2.24) is 10.2 Å². The molecule has 1 heterocycles. The number of ether oxygens (including phenoxy) is 1. The summed E-state index contributed by atoms with van der Waals surface area (Å²) in [5.74, 6) is 0.619. The van der Waals surface area contributed by atoms with Crippen LogP contribution >= 0.6 is 0 Å². The van der Waals surface area contributed by atoms with Crippen molar-refractivity contribution >= 4 is 5.91 Å². The lowest BCUT2D eigenvalue weighted by molar-refractivity contribution is -0.132. The molecule has 110 valence electrons. The highest BCUT2D eigenvalue weighted by Crippen LogP contribution is 2.19. The van der Waals surface area contributed by atoms with E-state index in [9.17, 15) is 9.18 Å². The van der Waals surface area contributed by atoms with Gasteiger partial charge in [-0.2, -0.15) is 0 Å². The topological polar surface area (TPSA) is 41.6 Å². The molecule has 1 N–H and O–H groups in total. The molecular formula is C15H21FN2O2. The maximum absolute atomic E-state index is 12.8. The first-order chi connectivity index (χ1) is 9.69. The average Bonchev–Trinajstić information content (AvgIpc) is 2.48. The van der Waals surface area contributed by atoms with Gasteiger partial charge in [-0.05, 0) is 31.3 Å². The molecule has 1 aromatic carbocycles. The molecule has 2 rings (SSSR count). The number of rotatable bonds is 5. The number of piperidine rings is 1. The average molecular weight is 280 g/mol. The zero-order valence-electron chi connectivity index (χ0n) is 11.8. The molecule has 0 bridgehead atoms. The summed E-state index contributed by atoms with van der Waals surface area (Å²) in [7, 11) is 1.84. The fourth-order valence-corrected chi connectivity index (χ4v) is 2.32. The zero-order chi connectivity index (χ0) is 14.4. The SMILES string of the molecule is CNCCC(=O)N1CCC(Oc2ccc(F)cc2)CC1. The standard InChI is InChI=1S/C15H21FN2O2/c1-17-9-6-15(19)18-10-7-14(8-11-18)20-13-4-2-12(16)3-5-13/h2-5,14,17H,6-11H2,1H3. The number of carbonyl (C=O) groups is 1. The number of carbonyl (C=O) groups excluding carboxylic acids is 1. The second-order valence-electron chi connectivity index (χ2n) is 5.01. The number of nitrogens with one attached hydrogen (secondary N) is 1. The van der Waals surface area contributed by atoms with Crippen LogP contribution in [0.25, 0.3) is 0 Å². The Hall–Kier alpha value is -1.62. The first kappa shape index (κ1) is 14.8. The summed E-state index contributed by atoms with van der Waals surface area (Å²) in [4.78, 5) is 13.8. The van der Waals surface area contributed by atoms with Crippen LogP contribution in [0, 0.1) is 5.82 Å². The van der Waals surface area contributed by atoms with Gasteiger partial charge in [0.1, 0.15) is 17.7 Å². The summed E-state index contributed by atoms with van der Waals surface area (Å²) in [5.41, 5.74) is 0.